The van der Waals surface area contributed by atoms with Gasteiger partial charge in [0.25, 0.3) is 0 Å². The summed E-state index contributed by atoms with van der Waals surface area (Å²) in [5, 5.41) is 0.879. The molecule has 0 N–H and O–H groups in total. The van der Waals surface area contributed by atoms with Gasteiger partial charge in [0.2, 0.25) is 0 Å². The summed E-state index contributed by atoms with van der Waals surface area (Å²) in [5.41, 5.74) is 1.21. The second-order valence-electron chi connectivity index (χ2n) is 2.64. The van der Waals surface area contributed by atoms with Crippen LogP contribution in [-0.2, 0) is 0 Å². The lowest BCUT2D eigenvalue weighted by Crippen LogP contribution is -2.03. The van der Waals surface area contributed by atoms with Crippen LogP contribution in [0.15, 0.2) is 12.1 Å². The SMILES string of the molecule is Cc1cc(Cl)cc(Cl)c1C(=O)CCl. The molecule has 0 heterocycles. The number of halogens is 3. The molecule has 0 fully saturated rings. The zero-order chi connectivity index (χ0) is 10.0. The number of carbonyl (C=O) groups is 1. The van der Waals surface area contributed by atoms with Crippen LogP contribution in [0.3, 0.4) is 0 Å². The highest BCUT2D eigenvalue weighted by Crippen LogP contribution is 2.25. The van der Waals surface area contributed by atoms with Crippen LogP contribution in [0, 0.1) is 6.92 Å². The van der Waals surface area contributed by atoms with E-state index in [9.17, 15) is 4.79 Å². The summed E-state index contributed by atoms with van der Waals surface area (Å²) in [4.78, 5) is 11.3. The van der Waals surface area contributed by atoms with E-state index in [2.05, 4.69) is 0 Å². The van der Waals surface area contributed by atoms with Crippen LogP contribution < -0.4 is 0 Å². The van der Waals surface area contributed by atoms with Crippen LogP contribution in [0.5, 0.6) is 0 Å². The number of hydrogen-bond donors (Lipinski definition) is 0. The maximum absolute atomic E-state index is 11.3. The standard InChI is InChI=1S/C9H7Cl3O/c1-5-2-6(11)3-7(12)9(5)8(13)4-10/h2-3H,4H2,1H3. The Morgan fingerprint density at radius 1 is 1.38 bits per heavy atom. The molecular weight excluding hydrogens is 230 g/mol. The van der Waals surface area contributed by atoms with Crippen LogP contribution in [0.2, 0.25) is 10.0 Å². The van der Waals surface area contributed by atoms with Crippen molar-refractivity contribution in [2.45, 2.75) is 6.92 Å². The first-order valence-electron chi connectivity index (χ1n) is 3.61. The molecule has 0 amide bonds. The first-order chi connectivity index (χ1) is 6.06. The maximum Gasteiger partial charge on any atom is 0.179 e. The summed E-state index contributed by atoms with van der Waals surface area (Å²) >= 11 is 17.0. The molecule has 0 aromatic heterocycles. The first kappa shape index (κ1) is 10.8. The summed E-state index contributed by atoms with van der Waals surface area (Å²) in [6.07, 6.45) is 0. The highest BCUT2D eigenvalue weighted by molar-refractivity contribution is 6.39. The largest absolute Gasteiger partial charge is 0.293 e. The maximum atomic E-state index is 11.3. The second-order valence-corrected chi connectivity index (χ2v) is 3.75. The van der Waals surface area contributed by atoms with Crippen LogP contribution in [0.1, 0.15) is 15.9 Å². The minimum atomic E-state index is -0.180. The first-order valence-corrected chi connectivity index (χ1v) is 4.90. The fourth-order valence-corrected chi connectivity index (χ4v) is 1.96. The van der Waals surface area contributed by atoms with Crippen molar-refractivity contribution >= 4 is 40.6 Å². The molecule has 1 rings (SSSR count). The number of Topliss-reactive ketones (excluding diaryl/α,β-unsaturated/α-hetero) is 1. The van der Waals surface area contributed by atoms with E-state index in [4.69, 9.17) is 34.8 Å². The van der Waals surface area contributed by atoms with Crippen molar-refractivity contribution in [1.82, 2.24) is 0 Å². The molecule has 4 heteroatoms. The van der Waals surface area contributed by atoms with Crippen molar-refractivity contribution in [3.8, 4) is 0 Å². The minimum absolute atomic E-state index is 0.0673. The van der Waals surface area contributed by atoms with Gasteiger partial charge in [0.15, 0.2) is 5.78 Å². The molecule has 70 valence electrons. The third-order valence-corrected chi connectivity index (χ3v) is 2.41. The van der Waals surface area contributed by atoms with Crippen molar-refractivity contribution in [3.63, 3.8) is 0 Å². The Labute approximate surface area is 91.6 Å². The van der Waals surface area contributed by atoms with Gasteiger partial charge in [0.1, 0.15) is 0 Å². The monoisotopic (exact) mass is 236 g/mol. The predicted molar refractivity (Wildman–Crippen MR) is 56.2 cm³/mol. The van der Waals surface area contributed by atoms with Gasteiger partial charge in [-0.15, -0.1) is 11.6 Å². The number of carbonyl (C=O) groups excluding carboxylic acids is 1. The number of ketones is 1. The van der Waals surface area contributed by atoms with Crippen LogP contribution >= 0.6 is 34.8 Å². The average molecular weight is 238 g/mol. The van der Waals surface area contributed by atoms with Gasteiger partial charge < -0.3 is 0 Å². The number of aryl methyl sites for hydroxylation is 1. The molecular formula is C9H7Cl3O. The van der Waals surface area contributed by atoms with Crippen molar-refractivity contribution < 1.29 is 4.79 Å². The average Bonchev–Trinajstić information content (AvgIpc) is 2.02. The van der Waals surface area contributed by atoms with Crippen LogP contribution in [0.25, 0.3) is 0 Å². The smallest absolute Gasteiger partial charge is 0.179 e. The zero-order valence-electron chi connectivity index (χ0n) is 6.90. The van der Waals surface area contributed by atoms with E-state index >= 15 is 0 Å². The molecule has 0 radical (unpaired) electrons. The Balaban J connectivity index is 3.28. The molecule has 0 aliphatic rings. The van der Waals surface area contributed by atoms with E-state index in [0.717, 1.165) is 5.56 Å². The zero-order valence-corrected chi connectivity index (χ0v) is 9.17. The molecule has 1 aromatic carbocycles. The quantitative estimate of drug-likeness (QED) is 0.566. The van der Waals surface area contributed by atoms with Gasteiger partial charge in [-0.2, -0.15) is 0 Å². The molecule has 0 saturated carbocycles. The molecule has 0 saturated heterocycles. The van der Waals surface area contributed by atoms with Crippen molar-refractivity contribution in [3.05, 3.63) is 33.3 Å². The molecule has 0 spiro atoms. The normalized spacial score (nSPS) is 10.2. The van der Waals surface area contributed by atoms with E-state index < -0.39 is 0 Å². The Bertz CT molecular complexity index is 324. The molecule has 0 atom stereocenters. The van der Waals surface area contributed by atoms with E-state index in [1.165, 1.54) is 6.07 Å². The number of rotatable bonds is 2. The molecule has 1 aromatic rings. The molecule has 13 heavy (non-hydrogen) atoms. The summed E-state index contributed by atoms with van der Waals surface area (Å²) in [7, 11) is 0. The van der Waals surface area contributed by atoms with Gasteiger partial charge in [-0.3, -0.25) is 4.79 Å². The van der Waals surface area contributed by atoms with Gasteiger partial charge >= 0.3 is 0 Å². The van der Waals surface area contributed by atoms with Crippen molar-refractivity contribution in [2.24, 2.45) is 0 Å². The lowest BCUT2D eigenvalue weighted by Gasteiger charge is -2.05. The summed E-state index contributed by atoms with van der Waals surface area (Å²) in [6.45, 7) is 1.78. The molecule has 0 bridgehead atoms. The number of hydrogen-bond acceptors (Lipinski definition) is 1. The fourth-order valence-electron chi connectivity index (χ4n) is 1.12. The van der Waals surface area contributed by atoms with Gasteiger partial charge in [-0.25, -0.2) is 0 Å². The molecule has 0 aliphatic carbocycles. The fraction of sp³-hybridized carbons (Fsp3) is 0.222. The van der Waals surface area contributed by atoms with E-state index in [0.29, 0.717) is 15.6 Å². The topological polar surface area (TPSA) is 17.1 Å². The van der Waals surface area contributed by atoms with Crippen LogP contribution in [0.4, 0.5) is 0 Å². The van der Waals surface area contributed by atoms with Gasteiger partial charge in [-0.05, 0) is 24.6 Å². The van der Waals surface area contributed by atoms with Gasteiger partial charge in [0, 0.05) is 10.6 Å². The Morgan fingerprint density at radius 2 is 2.00 bits per heavy atom. The predicted octanol–water partition coefficient (Wildman–Crippen LogP) is 3.72. The van der Waals surface area contributed by atoms with Crippen molar-refractivity contribution in [1.29, 1.82) is 0 Å². The molecule has 1 nitrogen and oxygen atoms in total. The minimum Gasteiger partial charge on any atom is -0.293 e. The number of alkyl halides is 1. The van der Waals surface area contributed by atoms with Gasteiger partial charge in [-0.1, -0.05) is 23.2 Å². The van der Waals surface area contributed by atoms with Crippen LogP contribution in [-0.4, -0.2) is 11.7 Å². The Hall–Kier alpha value is -0.240. The Kier molecular flexibility index (Phi) is 3.60. The van der Waals surface area contributed by atoms with E-state index in [-0.39, 0.29) is 11.7 Å². The summed E-state index contributed by atoms with van der Waals surface area (Å²) in [6, 6.07) is 3.23. The highest BCUT2D eigenvalue weighted by atomic mass is 35.5. The Morgan fingerprint density at radius 3 is 2.46 bits per heavy atom. The second kappa shape index (κ2) is 4.32. The van der Waals surface area contributed by atoms with Gasteiger partial charge in [0.05, 0.1) is 10.9 Å². The third-order valence-electron chi connectivity index (χ3n) is 1.65. The summed E-state index contributed by atoms with van der Waals surface area (Å²) < 4.78 is 0. The van der Waals surface area contributed by atoms with E-state index in [1.807, 2.05) is 0 Å². The highest BCUT2D eigenvalue weighted by Gasteiger charge is 2.12. The summed E-state index contributed by atoms with van der Waals surface area (Å²) in [5.74, 6) is -0.247. The lowest BCUT2D eigenvalue weighted by molar-refractivity contribution is 0.102. The number of benzene rings is 1. The van der Waals surface area contributed by atoms with E-state index in [1.54, 1.807) is 13.0 Å². The lowest BCUT2D eigenvalue weighted by atomic mass is 10.1. The van der Waals surface area contributed by atoms with Crippen molar-refractivity contribution in [2.75, 3.05) is 5.88 Å². The molecule has 0 aliphatic heterocycles. The molecule has 0 unspecified atom stereocenters. The third kappa shape index (κ3) is 2.37.